The zero-order chi connectivity index (χ0) is 13.7. The summed E-state index contributed by atoms with van der Waals surface area (Å²) in [5.74, 6) is 0. The highest BCUT2D eigenvalue weighted by molar-refractivity contribution is 6.33. The molecular formula is C15H18ClN3. The van der Waals surface area contributed by atoms with Gasteiger partial charge in [0.15, 0.2) is 0 Å². The number of pyridine rings is 1. The van der Waals surface area contributed by atoms with E-state index in [9.17, 15) is 0 Å². The minimum atomic E-state index is 0.506. The molecule has 0 aliphatic carbocycles. The number of rotatable bonds is 5. The fourth-order valence-corrected chi connectivity index (χ4v) is 2.31. The molecule has 2 N–H and O–H groups in total. The van der Waals surface area contributed by atoms with Gasteiger partial charge in [-0.25, -0.2) is 0 Å². The van der Waals surface area contributed by atoms with Crippen LogP contribution in [0.5, 0.6) is 0 Å². The van der Waals surface area contributed by atoms with E-state index in [0.29, 0.717) is 6.54 Å². The fraction of sp³-hybridized carbons (Fsp3) is 0.267. The molecule has 0 radical (unpaired) electrons. The van der Waals surface area contributed by atoms with Crippen molar-refractivity contribution in [3.63, 3.8) is 0 Å². The van der Waals surface area contributed by atoms with E-state index in [1.807, 2.05) is 42.6 Å². The summed E-state index contributed by atoms with van der Waals surface area (Å²) >= 11 is 6.33. The van der Waals surface area contributed by atoms with Crippen LogP contribution in [0.25, 0.3) is 0 Å². The first-order valence-electron chi connectivity index (χ1n) is 6.38. The van der Waals surface area contributed by atoms with E-state index in [2.05, 4.69) is 16.8 Å². The highest BCUT2D eigenvalue weighted by Gasteiger charge is 2.10. The van der Waals surface area contributed by atoms with Crippen molar-refractivity contribution in [2.45, 2.75) is 20.0 Å². The second-order valence-corrected chi connectivity index (χ2v) is 4.73. The van der Waals surface area contributed by atoms with Crippen molar-refractivity contribution in [1.82, 2.24) is 4.98 Å². The topological polar surface area (TPSA) is 42.2 Å². The van der Waals surface area contributed by atoms with E-state index in [0.717, 1.165) is 35.1 Å². The highest BCUT2D eigenvalue weighted by atomic mass is 35.5. The molecule has 0 unspecified atom stereocenters. The van der Waals surface area contributed by atoms with Gasteiger partial charge in [-0.05, 0) is 36.8 Å². The number of benzene rings is 1. The van der Waals surface area contributed by atoms with Crippen LogP contribution in [0, 0.1) is 0 Å². The quantitative estimate of drug-likeness (QED) is 0.911. The minimum Gasteiger partial charge on any atom is -0.365 e. The van der Waals surface area contributed by atoms with E-state index in [4.69, 9.17) is 17.3 Å². The molecule has 2 aromatic rings. The molecule has 0 fully saturated rings. The number of nitrogens with two attached hydrogens (primary N) is 1. The number of halogens is 1. The predicted octanol–water partition coefficient (Wildman–Crippen LogP) is 3.22. The van der Waals surface area contributed by atoms with Crippen LogP contribution in [0.2, 0.25) is 5.02 Å². The zero-order valence-corrected chi connectivity index (χ0v) is 11.8. The Kier molecular flexibility index (Phi) is 4.77. The lowest BCUT2D eigenvalue weighted by molar-refractivity contribution is 0.809. The van der Waals surface area contributed by atoms with Crippen LogP contribution in [0.4, 0.5) is 5.69 Å². The van der Waals surface area contributed by atoms with Gasteiger partial charge in [0.25, 0.3) is 0 Å². The van der Waals surface area contributed by atoms with Gasteiger partial charge in [0.2, 0.25) is 0 Å². The first-order chi connectivity index (χ1) is 9.24. The molecule has 1 aromatic carbocycles. The smallest absolute Gasteiger partial charge is 0.0642 e. The summed E-state index contributed by atoms with van der Waals surface area (Å²) in [5.41, 5.74) is 8.71. The molecule has 19 heavy (non-hydrogen) atoms. The summed E-state index contributed by atoms with van der Waals surface area (Å²) < 4.78 is 0. The van der Waals surface area contributed by atoms with Crippen molar-refractivity contribution in [2.75, 3.05) is 11.4 Å². The number of hydrogen-bond acceptors (Lipinski definition) is 3. The van der Waals surface area contributed by atoms with Crippen LogP contribution in [0.1, 0.15) is 18.2 Å². The lowest BCUT2D eigenvalue weighted by Gasteiger charge is -2.24. The molecule has 0 aliphatic heterocycles. The summed E-state index contributed by atoms with van der Waals surface area (Å²) in [7, 11) is 0. The molecule has 3 nitrogen and oxygen atoms in total. The minimum absolute atomic E-state index is 0.506. The lowest BCUT2D eigenvalue weighted by atomic mass is 10.2. The van der Waals surface area contributed by atoms with Gasteiger partial charge in [0.05, 0.1) is 22.9 Å². The standard InChI is InChI=1S/C15H18ClN3/c1-2-19(11-13-5-3-4-8-18-13)15-7-6-12(10-17)9-14(15)16/h3-9H,2,10-11,17H2,1H3. The molecule has 0 bridgehead atoms. The molecule has 0 saturated carbocycles. The number of anilines is 1. The molecule has 4 heteroatoms. The summed E-state index contributed by atoms with van der Waals surface area (Å²) in [6.07, 6.45) is 1.81. The highest BCUT2D eigenvalue weighted by Crippen LogP contribution is 2.27. The van der Waals surface area contributed by atoms with Crippen molar-refractivity contribution in [3.05, 3.63) is 58.9 Å². The maximum absolute atomic E-state index is 6.33. The van der Waals surface area contributed by atoms with Crippen LogP contribution in [-0.2, 0) is 13.1 Å². The Labute approximate surface area is 119 Å². The third-order valence-electron chi connectivity index (χ3n) is 3.05. The Balaban J connectivity index is 2.22. The van der Waals surface area contributed by atoms with Crippen LogP contribution in [0.3, 0.4) is 0 Å². The molecule has 1 heterocycles. The summed E-state index contributed by atoms with van der Waals surface area (Å²) in [4.78, 5) is 6.55. The Morgan fingerprint density at radius 3 is 2.68 bits per heavy atom. The maximum Gasteiger partial charge on any atom is 0.0642 e. The average Bonchev–Trinajstić information content (AvgIpc) is 2.46. The second kappa shape index (κ2) is 6.55. The molecular weight excluding hydrogens is 258 g/mol. The van der Waals surface area contributed by atoms with E-state index in [1.165, 1.54) is 0 Å². The molecule has 0 aliphatic rings. The van der Waals surface area contributed by atoms with Crippen molar-refractivity contribution in [1.29, 1.82) is 0 Å². The molecule has 0 amide bonds. The van der Waals surface area contributed by atoms with Crippen molar-refractivity contribution in [2.24, 2.45) is 5.73 Å². The summed E-state index contributed by atoms with van der Waals surface area (Å²) in [6, 6.07) is 11.9. The predicted molar refractivity (Wildman–Crippen MR) is 80.3 cm³/mol. The van der Waals surface area contributed by atoms with Gasteiger partial charge >= 0.3 is 0 Å². The van der Waals surface area contributed by atoms with Gasteiger partial charge in [-0.15, -0.1) is 0 Å². The number of nitrogens with zero attached hydrogens (tertiary/aromatic N) is 2. The van der Waals surface area contributed by atoms with Crippen molar-refractivity contribution in [3.8, 4) is 0 Å². The Hall–Kier alpha value is -1.58. The summed E-state index contributed by atoms with van der Waals surface area (Å²) in [5, 5.41) is 0.737. The second-order valence-electron chi connectivity index (χ2n) is 4.33. The number of hydrogen-bond donors (Lipinski definition) is 1. The van der Waals surface area contributed by atoms with Gasteiger partial charge in [-0.1, -0.05) is 23.7 Å². The largest absolute Gasteiger partial charge is 0.365 e. The molecule has 100 valence electrons. The molecule has 0 saturated heterocycles. The third kappa shape index (κ3) is 3.46. The van der Waals surface area contributed by atoms with E-state index in [1.54, 1.807) is 0 Å². The van der Waals surface area contributed by atoms with Crippen LogP contribution in [0.15, 0.2) is 42.6 Å². The van der Waals surface area contributed by atoms with Gasteiger partial charge in [0, 0.05) is 19.3 Å². The molecule has 0 atom stereocenters. The first-order valence-corrected chi connectivity index (χ1v) is 6.75. The SMILES string of the molecule is CCN(Cc1ccccn1)c1ccc(CN)cc1Cl. The van der Waals surface area contributed by atoms with E-state index >= 15 is 0 Å². The molecule has 0 spiro atoms. The van der Waals surface area contributed by atoms with Crippen LogP contribution in [-0.4, -0.2) is 11.5 Å². The van der Waals surface area contributed by atoms with Gasteiger partial charge < -0.3 is 10.6 Å². The fourth-order valence-electron chi connectivity index (χ4n) is 1.99. The van der Waals surface area contributed by atoms with E-state index in [-0.39, 0.29) is 0 Å². The lowest BCUT2D eigenvalue weighted by Crippen LogP contribution is -2.23. The van der Waals surface area contributed by atoms with E-state index < -0.39 is 0 Å². The normalized spacial score (nSPS) is 10.5. The zero-order valence-electron chi connectivity index (χ0n) is 11.0. The number of aromatic nitrogens is 1. The monoisotopic (exact) mass is 275 g/mol. The maximum atomic E-state index is 6.33. The van der Waals surface area contributed by atoms with Gasteiger partial charge in [-0.2, -0.15) is 0 Å². The first kappa shape index (κ1) is 13.8. The van der Waals surface area contributed by atoms with Gasteiger partial charge in [-0.3, -0.25) is 4.98 Å². The third-order valence-corrected chi connectivity index (χ3v) is 3.35. The van der Waals surface area contributed by atoms with Crippen molar-refractivity contribution < 1.29 is 0 Å². The Bertz CT molecular complexity index is 528. The van der Waals surface area contributed by atoms with Crippen LogP contribution < -0.4 is 10.6 Å². The van der Waals surface area contributed by atoms with Crippen LogP contribution >= 0.6 is 11.6 Å². The average molecular weight is 276 g/mol. The van der Waals surface area contributed by atoms with Crippen molar-refractivity contribution >= 4 is 17.3 Å². The Morgan fingerprint density at radius 1 is 1.26 bits per heavy atom. The summed E-state index contributed by atoms with van der Waals surface area (Å²) in [6.45, 7) is 4.24. The molecule has 1 aromatic heterocycles. The molecule has 2 rings (SSSR count). The Morgan fingerprint density at radius 2 is 2.11 bits per heavy atom. The van der Waals surface area contributed by atoms with Gasteiger partial charge in [0.1, 0.15) is 0 Å².